The number of carboxylic acids is 1. The molecule has 19 amide bonds. The van der Waals surface area contributed by atoms with Gasteiger partial charge in [0.2, 0.25) is 100 Å². The molecular weight excluding hydrogens is 1790 g/mol. The van der Waals surface area contributed by atoms with Crippen LogP contribution in [-0.2, 0) is 110 Å². The van der Waals surface area contributed by atoms with Crippen molar-refractivity contribution in [3.63, 3.8) is 0 Å². The lowest BCUT2D eigenvalue weighted by Crippen LogP contribution is -2.61. The molecule has 3 heterocycles. The molecule has 0 bridgehead atoms. The normalized spacial score (nSPS) is 17.8. The first-order chi connectivity index (χ1) is 63.8. The Morgan fingerprint density at radius 1 is 0.500 bits per heavy atom. The van der Waals surface area contributed by atoms with E-state index in [1.165, 1.54) is 13.8 Å². The second-order valence-corrected chi connectivity index (χ2v) is 33.8. The second-order valence-electron chi connectivity index (χ2n) is 32.5. The summed E-state index contributed by atoms with van der Waals surface area (Å²) in [6.45, 7) is 7.55. The summed E-state index contributed by atoms with van der Waals surface area (Å²) >= 11 is 1.85. The Morgan fingerprint density at radius 3 is 1.53 bits per heavy atom. The van der Waals surface area contributed by atoms with Crippen LogP contribution in [0.4, 0.5) is 4.79 Å². The number of urea groups is 1. The molecular formula is C81H140N24O28S. The third-order valence-corrected chi connectivity index (χ3v) is 22.8. The number of aliphatic carboxylic acids is 1. The molecule has 53 heteroatoms. The van der Waals surface area contributed by atoms with E-state index in [0.717, 1.165) is 43.8 Å². The maximum Gasteiger partial charge on any atom is 0.315 e. The quantitative estimate of drug-likeness (QED) is 0.00884. The molecule has 0 aromatic rings. The molecule has 1 unspecified atom stereocenters. The van der Waals surface area contributed by atoms with Crippen molar-refractivity contribution in [3.05, 3.63) is 10.4 Å². The van der Waals surface area contributed by atoms with Crippen LogP contribution < -0.4 is 108 Å². The van der Waals surface area contributed by atoms with Gasteiger partial charge in [0.25, 0.3) is 0 Å². The molecule has 0 radical (unpaired) electrons. The molecule has 134 heavy (non-hydrogen) atoms. The number of aliphatic hydroxyl groups is 3. The number of hydrogen-bond acceptors (Lipinski definition) is 31. The zero-order valence-corrected chi connectivity index (χ0v) is 77.7. The highest BCUT2D eigenvalue weighted by atomic mass is 32.2. The van der Waals surface area contributed by atoms with Gasteiger partial charge in [-0.05, 0) is 136 Å². The number of aliphatic hydroxyl groups excluding tert-OH is 3. The number of amides is 19. The topological polar surface area (TPSA) is 800 Å². The molecule has 0 aromatic heterocycles. The zero-order chi connectivity index (χ0) is 99.8. The van der Waals surface area contributed by atoms with Crippen molar-refractivity contribution in [1.82, 2.24) is 90.0 Å². The molecule has 0 saturated carbocycles. The highest BCUT2D eigenvalue weighted by Gasteiger charge is 2.44. The van der Waals surface area contributed by atoms with Gasteiger partial charge in [0.15, 0.2) is 0 Å². The Labute approximate surface area is 780 Å². The van der Waals surface area contributed by atoms with Gasteiger partial charge in [0, 0.05) is 54.8 Å². The molecule has 0 aliphatic carbocycles. The van der Waals surface area contributed by atoms with Gasteiger partial charge in [0.1, 0.15) is 78.5 Å². The third kappa shape index (κ3) is 45.8. The SMILES string of the molecule is CC(C)[C@@H](NC(=O)[C@H](C)NC(=O)[C@@H](CO)NC(=O)[C@H](C)NC(=O)[C@@H](CC(=O)O)NC(=O)CNC(=O)[C@@H](CCCCN)NC(=O)[C@H](CCCCN=[N+]=[N-])NC(=O)[C@@H](CCCCN)NC(=O)[C@@H]1CCCN1C(=O)[C@@H](CCC(N)=O)NC(=O)C(NC(=O)[C@@H](CO)NC(=O)CCOCCOCCOCCOCCOCCNC(=O)CCCC[C@@H]1SC[C@H]2NC(=O)N[C@@H]12)[C@H](C)O)C(=O)N[C@@H](C)C(N)=O. The maximum absolute atomic E-state index is 14.6. The van der Waals surface area contributed by atoms with Gasteiger partial charge in [-0.2, -0.15) is 11.8 Å². The summed E-state index contributed by atoms with van der Waals surface area (Å²) in [6.07, 6.45) is 0.0437. The van der Waals surface area contributed by atoms with E-state index >= 15 is 0 Å². The summed E-state index contributed by atoms with van der Waals surface area (Å²) in [5.74, 6) is -17.2. The van der Waals surface area contributed by atoms with Crippen LogP contribution in [0.2, 0.25) is 0 Å². The Kier molecular flexibility index (Phi) is 57.4. The van der Waals surface area contributed by atoms with E-state index in [4.69, 9.17) is 52.2 Å². The van der Waals surface area contributed by atoms with Gasteiger partial charge in [-0.15, -0.1) is 0 Å². The second kappa shape index (κ2) is 65.6. The number of likely N-dealkylation sites (tertiary alicyclic amines) is 1. The number of rotatable bonds is 72. The van der Waals surface area contributed by atoms with Gasteiger partial charge in [-0.3, -0.25) is 86.3 Å². The third-order valence-electron chi connectivity index (χ3n) is 21.3. The summed E-state index contributed by atoms with van der Waals surface area (Å²) in [5, 5.41) is 84.2. The molecule has 758 valence electrons. The molecule has 0 aromatic carbocycles. The van der Waals surface area contributed by atoms with Crippen LogP contribution in [0.1, 0.15) is 164 Å². The van der Waals surface area contributed by atoms with Gasteiger partial charge in [-0.25, -0.2) is 4.79 Å². The van der Waals surface area contributed by atoms with Crippen LogP contribution in [0.25, 0.3) is 10.4 Å². The summed E-state index contributed by atoms with van der Waals surface area (Å²) in [4.78, 5) is 256. The van der Waals surface area contributed by atoms with Crippen molar-refractivity contribution in [2.45, 2.75) is 266 Å². The highest BCUT2D eigenvalue weighted by Crippen LogP contribution is 2.33. The van der Waals surface area contributed by atoms with Crippen molar-refractivity contribution in [3.8, 4) is 0 Å². The first-order valence-electron chi connectivity index (χ1n) is 45.0. The standard InChI is InChI=1S/C81H140N24O28S/c1-45(2)65(78(125)90-46(3)68(85)115)101-70(117)48(5)92-75(122)56(43-107)99-69(116)47(4)91-74(121)54(40-64(113)114)93-63(112)41-88-71(118)50(16-9-12-25-82)95-72(119)51(18-11-14-27-89-104-86)96-73(120)52(17-10-13-26-83)97-77(124)58-19-15-29-105(58)80(127)53(22-23-60(84)109)98-79(126)66(49(6)108)102-76(123)55(42-106)94-62(111)24-30-129-32-34-131-36-38-133-39-37-132-35-33-130-31-28-87-61(110)21-8-7-20-59-67-57(44-134-59)100-81(128)103-67/h45-59,65-67,106-108H,7-44,82-83H2,1-6H3,(H2,84,109)(H2,85,115)(H,87,110)(H,88,118)(H,90,125)(H,91,121)(H,92,122)(H,93,112)(H,94,111)(H,95,119)(H,96,120)(H,97,124)(H,98,126)(H,99,116)(H,101,117)(H,102,123)(H,113,114)(H2,100,103,128)/t46-,47-,48-,49-,50+,51-,52+,53+,54+,55+,56+,57+,58-,59-,65+,66?,67+/m0/s1. The minimum Gasteiger partial charge on any atom is -0.481 e. The first kappa shape index (κ1) is 117. The highest BCUT2D eigenvalue weighted by molar-refractivity contribution is 8.00. The van der Waals surface area contributed by atoms with E-state index in [1.807, 2.05) is 11.8 Å². The Hall–Kier alpha value is -11.0. The van der Waals surface area contributed by atoms with E-state index < -0.39 is 230 Å². The lowest BCUT2D eigenvalue weighted by atomic mass is 10.0. The largest absolute Gasteiger partial charge is 0.481 e. The van der Waals surface area contributed by atoms with E-state index in [0.29, 0.717) is 64.1 Å². The van der Waals surface area contributed by atoms with Crippen molar-refractivity contribution in [2.75, 3.05) is 124 Å². The number of carbonyl (C=O) groups is 19. The molecule has 17 atom stereocenters. The number of ether oxygens (including phenoxy) is 5. The Morgan fingerprint density at radius 2 is 0.985 bits per heavy atom. The average Bonchev–Trinajstić information content (AvgIpc) is 1.66. The van der Waals surface area contributed by atoms with E-state index in [1.54, 1.807) is 13.8 Å². The maximum atomic E-state index is 14.6. The number of nitrogens with one attached hydrogen (secondary N) is 16. The first-order valence-corrected chi connectivity index (χ1v) is 46.0. The molecule has 0 spiro atoms. The minimum absolute atomic E-state index is 0.0111. The number of azide groups is 1. The minimum atomic E-state index is -1.93. The van der Waals surface area contributed by atoms with E-state index in [9.17, 15) is 112 Å². The van der Waals surface area contributed by atoms with Crippen molar-refractivity contribution in [2.24, 2.45) is 34.0 Å². The van der Waals surface area contributed by atoms with Crippen LogP contribution in [0.3, 0.4) is 0 Å². The van der Waals surface area contributed by atoms with Gasteiger partial charge in [-0.1, -0.05) is 31.8 Å². The number of hydrogen-bond donors (Lipinski definition) is 24. The summed E-state index contributed by atoms with van der Waals surface area (Å²) < 4.78 is 27.5. The summed E-state index contributed by atoms with van der Waals surface area (Å²) in [5.41, 5.74) is 31.3. The number of unbranched alkanes of at least 4 members (excludes halogenated alkanes) is 4. The summed E-state index contributed by atoms with van der Waals surface area (Å²) in [6, 6.07) is -19.8. The lowest BCUT2D eigenvalue weighted by molar-refractivity contribution is -0.143. The number of primary amides is 2. The Bertz CT molecular complexity index is 3880. The van der Waals surface area contributed by atoms with Crippen LogP contribution in [0.15, 0.2) is 5.11 Å². The van der Waals surface area contributed by atoms with Crippen LogP contribution in [0.5, 0.6) is 0 Å². The van der Waals surface area contributed by atoms with Crippen molar-refractivity contribution < 1.29 is 135 Å². The van der Waals surface area contributed by atoms with Crippen molar-refractivity contribution in [1.29, 1.82) is 0 Å². The molecule has 3 fully saturated rings. The van der Waals surface area contributed by atoms with Gasteiger partial charge < -0.3 is 157 Å². The Balaban J connectivity index is 1.58. The average molecular weight is 1930 g/mol. The van der Waals surface area contributed by atoms with Crippen molar-refractivity contribution >= 4 is 124 Å². The fourth-order valence-corrected chi connectivity index (χ4v) is 15.3. The number of fused-ring (bicyclic) bond motifs is 1. The van der Waals surface area contributed by atoms with Crippen LogP contribution in [-0.4, -0.2) is 364 Å². The van der Waals surface area contributed by atoms with Gasteiger partial charge >= 0.3 is 12.0 Å². The molecule has 28 N–H and O–H groups in total. The predicted octanol–water partition coefficient (Wildman–Crippen LogP) is -8.73. The predicted molar refractivity (Wildman–Crippen MR) is 478 cm³/mol. The number of nitrogens with two attached hydrogens (primary N) is 4. The molecule has 3 aliphatic rings. The monoisotopic (exact) mass is 1930 g/mol. The fourth-order valence-electron chi connectivity index (χ4n) is 13.7. The fraction of sp³-hybridized carbons (Fsp3) is 0.765. The van der Waals surface area contributed by atoms with E-state index in [2.05, 4.69) is 95.1 Å². The molecule has 52 nitrogen and oxygen atoms in total. The van der Waals surface area contributed by atoms with E-state index in [-0.39, 0.29) is 147 Å². The molecule has 3 aliphatic heterocycles. The number of carbonyl (C=O) groups excluding carboxylic acids is 18. The zero-order valence-electron chi connectivity index (χ0n) is 76.9. The lowest BCUT2D eigenvalue weighted by Gasteiger charge is -2.31. The van der Waals surface area contributed by atoms with Crippen LogP contribution in [0, 0.1) is 5.92 Å². The summed E-state index contributed by atoms with van der Waals surface area (Å²) in [7, 11) is 0. The molecule has 3 rings (SSSR count). The number of thioether (sulfide) groups is 1. The molecule has 3 saturated heterocycles. The van der Waals surface area contributed by atoms with Crippen LogP contribution >= 0.6 is 11.8 Å². The smallest absolute Gasteiger partial charge is 0.315 e. The number of nitrogens with zero attached hydrogens (tertiary/aromatic N) is 4. The van der Waals surface area contributed by atoms with Gasteiger partial charge in [0.05, 0.1) is 110 Å². The number of carboxylic acid groups (broad SMARTS) is 1.